The summed E-state index contributed by atoms with van der Waals surface area (Å²) in [6.45, 7) is 2.80. The molecule has 0 unspecified atom stereocenters. The highest BCUT2D eigenvalue weighted by molar-refractivity contribution is 9.10. The number of thioether (sulfide) groups is 1. The number of halogens is 1. The number of ether oxygens (including phenoxy) is 3. The van der Waals surface area contributed by atoms with Gasteiger partial charge in [0.25, 0.3) is 0 Å². The van der Waals surface area contributed by atoms with Gasteiger partial charge in [-0.3, -0.25) is 0 Å². The maximum Gasteiger partial charge on any atom is 0.410 e. The lowest BCUT2D eigenvalue weighted by atomic mass is 9.51. The van der Waals surface area contributed by atoms with E-state index in [0.29, 0.717) is 18.9 Å². The number of carbonyl (C=O) groups excluding carboxylic acids is 1. The predicted octanol–water partition coefficient (Wildman–Crippen LogP) is 4.79. The molecule has 2 heterocycles. The molecule has 0 aromatic heterocycles. The van der Waals surface area contributed by atoms with Crippen LogP contribution in [0.1, 0.15) is 30.9 Å². The van der Waals surface area contributed by atoms with Crippen LogP contribution < -0.4 is 9.47 Å². The molecule has 34 heavy (non-hydrogen) atoms. The molecule has 2 bridgehead atoms. The number of likely N-dealkylation sites (tertiary alicyclic amines) is 1. The zero-order valence-electron chi connectivity index (χ0n) is 19.2. The van der Waals surface area contributed by atoms with Gasteiger partial charge in [-0.25, -0.2) is 4.79 Å². The summed E-state index contributed by atoms with van der Waals surface area (Å²) in [7, 11) is 1.66. The van der Waals surface area contributed by atoms with Gasteiger partial charge < -0.3 is 24.2 Å². The quantitative estimate of drug-likeness (QED) is 0.596. The van der Waals surface area contributed by atoms with Gasteiger partial charge in [0.05, 0.1) is 13.7 Å². The minimum absolute atomic E-state index is 0.00609. The number of methoxy groups -OCH3 is 1. The zero-order chi connectivity index (χ0) is 23.6. The van der Waals surface area contributed by atoms with E-state index in [1.165, 1.54) is 5.56 Å². The maximum atomic E-state index is 13.0. The van der Waals surface area contributed by atoms with Crippen LogP contribution in [0.4, 0.5) is 4.79 Å². The first-order chi connectivity index (χ1) is 16.5. The summed E-state index contributed by atoms with van der Waals surface area (Å²) >= 11 is 5.47. The lowest BCUT2D eigenvalue weighted by molar-refractivity contribution is -0.0964. The highest BCUT2D eigenvalue weighted by atomic mass is 79.9. The fourth-order valence-electron chi connectivity index (χ4n) is 6.88. The molecule has 4 aliphatic rings. The number of aliphatic hydroxyl groups is 1. The molecule has 2 aliphatic heterocycles. The Hall–Kier alpha value is -1.90. The van der Waals surface area contributed by atoms with E-state index in [2.05, 4.69) is 28.1 Å². The minimum atomic E-state index is -0.641. The highest BCUT2D eigenvalue weighted by Crippen LogP contribution is 2.66. The topological polar surface area (TPSA) is 68.2 Å². The molecule has 6 atom stereocenters. The smallest absolute Gasteiger partial charge is 0.410 e. The minimum Gasteiger partial charge on any atom is -0.493 e. The van der Waals surface area contributed by atoms with Gasteiger partial charge in [-0.15, -0.1) is 11.8 Å². The Balaban J connectivity index is 1.48. The molecule has 180 valence electrons. The van der Waals surface area contributed by atoms with E-state index in [0.717, 1.165) is 39.9 Å². The molecule has 1 amide bonds. The van der Waals surface area contributed by atoms with E-state index in [1.54, 1.807) is 18.9 Å². The monoisotopic (exact) mass is 545 g/mol. The molecule has 1 saturated carbocycles. The summed E-state index contributed by atoms with van der Waals surface area (Å²) in [6.07, 6.45) is 0.998. The Kier molecular flexibility index (Phi) is 5.54. The number of aliphatic hydroxyl groups excluding tert-OH is 1. The van der Waals surface area contributed by atoms with E-state index >= 15 is 0 Å². The molecular formula is C26H28BrNO5S. The summed E-state index contributed by atoms with van der Waals surface area (Å²) in [4.78, 5) is 16.0. The van der Waals surface area contributed by atoms with E-state index < -0.39 is 6.10 Å². The molecule has 0 radical (unpaired) electrons. The van der Waals surface area contributed by atoms with Crippen molar-refractivity contribution in [3.05, 3.63) is 52.0 Å². The number of rotatable bonds is 4. The molecule has 1 N–H and O–H groups in total. The van der Waals surface area contributed by atoms with E-state index in [4.69, 9.17) is 14.2 Å². The molecule has 2 aromatic carbocycles. The zero-order valence-corrected chi connectivity index (χ0v) is 21.6. The van der Waals surface area contributed by atoms with Crippen molar-refractivity contribution in [1.82, 2.24) is 4.90 Å². The van der Waals surface area contributed by atoms with Crippen LogP contribution in [0.15, 0.2) is 45.8 Å². The SMILES string of the molecule is CCOC(=O)N1CC[C@]23c4c5c(Br)cc(OC)c4O[C@H]2[C@@H](O)[C@H](Sc2ccccc2)C[C@H]3[C@@H]1C5. The maximum absolute atomic E-state index is 13.0. The first-order valence-electron chi connectivity index (χ1n) is 11.9. The molecule has 1 saturated heterocycles. The first kappa shape index (κ1) is 22.6. The molecule has 2 aromatic rings. The summed E-state index contributed by atoms with van der Waals surface area (Å²) < 4.78 is 18.8. The van der Waals surface area contributed by atoms with Crippen molar-refractivity contribution in [3.8, 4) is 11.5 Å². The second-order valence-electron chi connectivity index (χ2n) is 9.54. The number of amides is 1. The van der Waals surface area contributed by atoms with Gasteiger partial charge in [0.2, 0.25) is 0 Å². The molecule has 2 fully saturated rings. The van der Waals surface area contributed by atoms with Crippen molar-refractivity contribution in [2.45, 2.75) is 60.0 Å². The molecule has 2 aliphatic carbocycles. The molecular weight excluding hydrogens is 518 g/mol. The number of benzene rings is 2. The van der Waals surface area contributed by atoms with Crippen molar-refractivity contribution in [2.24, 2.45) is 5.92 Å². The van der Waals surface area contributed by atoms with Gasteiger partial charge in [0, 0.05) is 38.2 Å². The van der Waals surface area contributed by atoms with Gasteiger partial charge in [-0.1, -0.05) is 34.1 Å². The van der Waals surface area contributed by atoms with Crippen LogP contribution in [0.5, 0.6) is 11.5 Å². The fourth-order valence-corrected chi connectivity index (χ4v) is 8.69. The lowest BCUT2D eigenvalue weighted by Gasteiger charge is -2.59. The summed E-state index contributed by atoms with van der Waals surface area (Å²) in [6, 6.07) is 12.2. The second kappa shape index (κ2) is 8.35. The normalized spacial score (nSPS) is 32.6. The van der Waals surface area contributed by atoms with E-state index in [9.17, 15) is 9.90 Å². The van der Waals surface area contributed by atoms with Crippen molar-refractivity contribution < 1.29 is 24.1 Å². The van der Waals surface area contributed by atoms with Gasteiger partial charge in [-0.05, 0) is 55.9 Å². The van der Waals surface area contributed by atoms with Crippen LogP contribution in [-0.4, -0.2) is 59.9 Å². The lowest BCUT2D eigenvalue weighted by Crippen LogP contribution is -2.69. The Bertz CT molecular complexity index is 1130. The average molecular weight is 546 g/mol. The predicted molar refractivity (Wildman–Crippen MR) is 133 cm³/mol. The van der Waals surface area contributed by atoms with Crippen LogP contribution in [0.25, 0.3) is 0 Å². The first-order valence-corrected chi connectivity index (χ1v) is 13.6. The highest BCUT2D eigenvalue weighted by Gasteiger charge is 2.68. The van der Waals surface area contributed by atoms with E-state index in [1.807, 2.05) is 36.1 Å². The van der Waals surface area contributed by atoms with Crippen LogP contribution in [0, 0.1) is 5.92 Å². The van der Waals surface area contributed by atoms with Crippen molar-refractivity contribution >= 4 is 33.8 Å². The van der Waals surface area contributed by atoms with Crippen molar-refractivity contribution in [3.63, 3.8) is 0 Å². The summed E-state index contributed by atoms with van der Waals surface area (Å²) in [5.41, 5.74) is 1.99. The third-order valence-corrected chi connectivity index (χ3v) is 10.2. The van der Waals surface area contributed by atoms with Crippen LogP contribution in [0.2, 0.25) is 0 Å². The third-order valence-electron chi connectivity index (χ3n) is 8.15. The Morgan fingerprint density at radius 1 is 1.35 bits per heavy atom. The number of piperidine rings is 1. The molecule has 8 heteroatoms. The van der Waals surface area contributed by atoms with Crippen LogP contribution in [0.3, 0.4) is 0 Å². The molecule has 1 spiro atoms. The Morgan fingerprint density at radius 2 is 2.15 bits per heavy atom. The molecule has 6 nitrogen and oxygen atoms in total. The fraction of sp³-hybridized carbons (Fsp3) is 0.500. The second-order valence-corrected chi connectivity index (χ2v) is 11.7. The van der Waals surface area contributed by atoms with Crippen molar-refractivity contribution in [1.29, 1.82) is 0 Å². The number of hydrogen-bond acceptors (Lipinski definition) is 6. The third kappa shape index (κ3) is 3.07. The van der Waals surface area contributed by atoms with Crippen LogP contribution in [-0.2, 0) is 16.6 Å². The van der Waals surface area contributed by atoms with Gasteiger partial charge in [0.15, 0.2) is 11.5 Å². The molecule has 6 rings (SSSR count). The van der Waals surface area contributed by atoms with Gasteiger partial charge >= 0.3 is 6.09 Å². The van der Waals surface area contributed by atoms with Gasteiger partial charge in [-0.2, -0.15) is 0 Å². The largest absolute Gasteiger partial charge is 0.493 e. The van der Waals surface area contributed by atoms with Gasteiger partial charge in [0.1, 0.15) is 12.2 Å². The summed E-state index contributed by atoms with van der Waals surface area (Å²) in [5.74, 6) is 1.62. The van der Waals surface area contributed by atoms with E-state index in [-0.39, 0.29) is 34.8 Å². The standard InChI is InChI=1S/C26H28BrNO5S/c1-3-32-25(30)28-10-9-26-16-12-20(34-14-7-5-4-6-8-14)22(29)24(26)33-23-19(31-2)13-17(27)15(21(23)26)11-18(16)28/h4-8,13,16,18,20,22,24,29H,3,9-12H2,1-2H3/t16-,18-,20+,22-,24-,26-/m0/s1. The van der Waals surface area contributed by atoms with Crippen LogP contribution >= 0.6 is 27.7 Å². The summed E-state index contributed by atoms with van der Waals surface area (Å²) in [5, 5.41) is 11.7. The number of hydrogen-bond donors (Lipinski definition) is 1. The van der Waals surface area contributed by atoms with Crippen molar-refractivity contribution in [2.75, 3.05) is 20.3 Å². The number of carbonyl (C=O) groups is 1. The Labute approximate surface area is 212 Å². The Morgan fingerprint density at radius 3 is 2.88 bits per heavy atom. The number of nitrogens with zero attached hydrogens (tertiary/aromatic N) is 1. The average Bonchev–Trinajstić information content (AvgIpc) is 3.17.